The number of hydrogen-bond donors (Lipinski definition) is 1. The van der Waals surface area contributed by atoms with Gasteiger partial charge in [-0.1, -0.05) is 23.4 Å². The number of carbonyl (C=O) groups excluding carboxylic acids is 1. The lowest BCUT2D eigenvalue weighted by Crippen LogP contribution is -2.14. The Kier molecular flexibility index (Phi) is 5.62. The summed E-state index contributed by atoms with van der Waals surface area (Å²) >= 11 is 8.66. The molecular formula is C18H15ClN6OS2. The minimum absolute atomic E-state index is 0.140. The normalized spacial score (nSPS) is 13.0. The van der Waals surface area contributed by atoms with Crippen LogP contribution in [0.2, 0.25) is 5.02 Å². The van der Waals surface area contributed by atoms with E-state index in [1.54, 1.807) is 28.9 Å². The first-order valence-electron chi connectivity index (χ1n) is 8.67. The highest BCUT2D eigenvalue weighted by molar-refractivity contribution is 7.99. The lowest BCUT2D eigenvalue weighted by molar-refractivity contribution is -0.113. The molecule has 0 saturated heterocycles. The number of fused-ring (bicyclic) bond motifs is 1. The number of thiophene rings is 1. The van der Waals surface area contributed by atoms with Gasteiger partial charge in [0.1, 0.15) is 11.1 Å². The minimum atomic E-state index is -0.189. The fourth-order valence-electron chi connectivity index (χ4n) is 3.08. The second kappa shape index (κ2) is 8.31. The Morgan fingerprint density at radius 3 is 2.89 bits per heavy atom. The summed E-state index contributed by atoms with van der Waals surface area (Å²) in [5, 5.41) is 25.8. The molecule has 1 aromatic carbocycles. The molecule has 28 heavy (non-hydrogen) atoms. The molecule has 0 saturated carbocycles. The summed E-state index contributed by atoms with van der Waals surface area (Å²) in [5.41, 5.74) is 2.48. The van der Waals surface area contributed by atoms with Crippen molar-refractivity contribution >= 4 is 45.6 Å². The Morgan fingerprint density at radius 1 is 1.32 bits per heavy atom. The van der Waals surface area contributed by atoms with Crippen molar-refractivity contribution < 1.29 is 4.79 Å². The van der Waals surface area contributed by atoms with Gasteiger partial charge in [0, 0.05) is 9.90 Å². The molecule has 2 heterocycles. The van der Waals surface area contributed by atoms with Crippen molar-refractivity contribution in [3.63, 3.8) is 0 Å². The summed E-state index contributed by atoms with van der Waals surface area (Å²) in [6.45, 7) is 0. The molecule has 1 amide bonds. The number of aryl methyl sites for hydroxylation is 1. The largest absolute Gasteiger partial charge is 0.316 e. The monoisotopic (exact) mass is 430 g/mol. The molecule has 0 fully saturated rings. The first-order valence-corrected chi connectivity index (χ1v) is 10.9. The minimum Gasteiger partial charge on any atom is -0.316 e. The van der Waals surface area contributed by atoms with E-state index in [-0.39, 0.29) is 11.7 Å². The van der Waals surface area contributed by atoms with Crippen molar-refractivity contribution in [1.82, 2.24) is 20.2 Å². The number of nitrogens with zero attached hydrogens (tertiary/aromatic N) is 5. The molecule has 0 spiro atoms. The summed E-state index contributed by atoms with van der Waals surface area (Å²) in [7, 11) is 0. The summed E-state index contributed by atoms with van der Waals surface area (Å²) in [6.07, 6.45) is 4.12. The molecular weight excluding hydrogens is 416 g/mol. The van der Waals surface area contributed by atoms with E-state index in [0.717, 1.165) is 36.9 Å². The first kappa shape index (κ1) is 18.9. The quantitative estimate of drug-likeness (QED) is 0.617. The highest BCUT2D eigenvalue weighted by Crippen LogP contribution is 2.37. The number of amides is 1. The van der Waals surface area contributed by atoms with Gasteiger partial charge in [-0.15, -0.1) is 16.4 Å². The molecule has 7 nitrogen and oxygen atoms in total. The third-order valence-corrected chi connectivity index (χ3v) is 6.76. The molecule has 1 aliphatic rings. The van der Waals surface area contributed by atoms with E-state index in [1.165, 1.54) is 28.0 Å². The fraction of sp³-hybridized carbons (Fsp3) is 0.278. The Morgan fingerprint density at radius 2 is 2.11 bits per heavy atom. The Hall–Kier alpha value is -2.41. The molecule has 1 aliphatic carbocycles. The average molecular weight is 431 g/mol. The van der Waals surface area contributed by atoms with E-state index >= 15 is 0 Å². The van der Waals surface area contributed by atoms with Gasteiger partial charge in [0.05, 0.1) is 17.0 Å². The number of halogens is 1. The van der Waals surface area contributed by atoms with E-state index in [4.69, 9.17) is 11.6 Å². The lowest BCUT2D eigenvalue weighted by atomic mass is 9.96. The number of thioether (sulfide) groups is 1. The maximum absolute atomic E-state index is 12.5. The van der Waals surface area contributed by atoms with Crippen LogP contribution in [0.1, 0.15) is 28.8 Å². The summed E-state index contributed by atoms with van der Waals surface area (Å²) in [5.74, 6) is -0.0488. The molecule has 0 atom stereocenters. The van der Waals surface area contributed by atoms with Crippen molar-refractivity contribution in [2.75, 3.05) is 11.1 Å². The predicted molar refractivity (Wildman–Crippen MR) is 109 cm³/mol. The van der Waals surface area contributed by atoms with E-state index in [0.29, 0.717) is 20.7 Å². The molecule has 0 radical (unpaired) electrons. The van der Waals surface area contributed by atoms with Crippen molar-refractivity contribution in [3.8, 4) is 11.8 Å². The smallest absolute Gasteiger partial charge is 0.235 e. The maximum Gasteiger partial charge on any atom is 0.235 e. The standard InChI is InChI=1S/C18H15ClN6OS2/c19-11-5-7-12(8-6-11)25-18(22-23-24-25)27-10-16(26)21-17-14(9-20)13-3-1-2-4-15(13)28-17/h5-8H,1-4,10H2,(H,21,26). The van der Waals surface area contributed by atoms with Crippen LogP contribution in [0.15, 0.2) is 29.4 Å². The molecule has 2 aromatic heterocycles. The van der Waals surface area contributed by atoms with Crippen LogP contribution in [0.4, 0.5) is 5.00 Å². The lowest BCUT2D eigenvalue weighted by Gasteiger charge is -2.09. The summed E-state index contributed by atoms with van der Waals surface area (Å²) in [6, 6.07) is 9.37. The topological polar surface area (TPSA) is 96.5 Å². The van der Waals surface area contributed by atoms with Crippen LogP contribution >= 0.6 is 34.7 Å². The number of carbonyl (C=O) groups is 1. The molecule has 0 bridgehead atoms. The molecule has 4 rings (SSSR count). The molecule has 10 heteroatoms. The van der Waals surface area contributed by atoms with Gasteiger partial charge in [0.25, 0.3) is 0 Å². The Balaban J connectivity index is 1.44. The zero-order chi connectivity index (χ0) is 19.5. The van der Waals surface area contributed by atoms with E-state index < -0.39 is 0 Å². The molecule has 3 aromatic rings. The summed E-state index contributed by atoms with van der Waals surface area (Å²) < 4.78 is 1.55. The van der Waals surface area contributed by atoms with E-state index in [1.807, 2.05) is 0 Å². The first-order chi connectivity index (χ1) is 13.7. The van der Waals surface area contributed by atoms with Gasteiger partial charge in [-0.2, -0.15) is 9.94 Å². The van der Waals surface area contributed by atoms with Crippen LogP contribution in [-0.2, 0) is 17.6 Å². The van der Waals surface area contributed by atoms with Gasteiger partial charge in [-0.3, -0.25) is 4.79 Å². The molecule has 0 aliphatic heterocycles. The van der Waals surface area contributed by atoms with E-state index in [9.17, 15) is 10.1 Å². The van der Waals surface area contributed by atoms with Crippen LogP contribution in [0, 0.1) is 11.3 Å². The van der Waals surface area contributed by atoms with Gasteiger partial charge in [-0.05, 0) is 65.9 Å². The Labute approximate surface area is 174 Å². The van der Waals surface area contributed by atoms with Crippen molar-refractivity contribution in [3.05, 3.63) is 45.3 Å². The number of rotatable bonds is 5. The number of benzene rings is 1. The zero-order valence-corrected chi connectivity index (χ0v) is 17.1. The molecule has 1 N–H and O–H groups in total. The van der Waals surface area contributed by atoms with Crippen molar-refractivity contribution in [2.24, 2.45) is 0 Å². The summed E-state index contributed by atoms with van der Waals surface area (Å²) in [4.78, 5) is 13.7. The van der Waals surface area contributed by atoms with Gasteiger partial charge >= 0.3 is 0 Å². The molecule has 0 unspecified atom stereocenters. The fourth-order valence-corrected chi connectivity index (χ4v) is 5.15. The van der Waals surface area contributed by atoms with Crippen LogP contribution in [0.25, 0.3) is 5.69 Å². The van der Waals surface area contributed by atoms with Crippen molar-refractivity contribution in [1.29, 1.82) is 5.26 Å². The Bertz CT molecular complexity index is 1050. The van der Waals surface area contributed by atoms with Crippen LogP contribution in [0.5, 0.6) is 0 Å². The van der Waals surface area contributed by atoms with Gasteiger partial charge in [0.2, 0.25) is 11.1 Å². The highest BCUT2D eigenvalue weighted by atomic mass is 35.5. The third kappa shape index (κ3) is 3.90. The van der Waals surface area contributed by atoms with Gasteiger partial charge in [0.15, 0.2) is 0 Å². The van der Waals surface area contributed by atoms with Crippen LogP contribution < -0.4 is 5.32 Å². The maximum atomic E-state index is 12.5. The SMILES string of the molecule is N#Cc1c(NC(=O)CSc2nnnn2-c2ccc(Cl)cc2)sc2c1CCCC2. The number of nitriles is 1. The number of nitrogens with one attached hydrogen (secondary N) is 1. The third-order valence-electron chi connectivity index (χ3n) is 4.38. The van der Waals surface area contributed by atoms with Crippen LogP contribution in [0.3, 0.4) is 0 Å². The second-order valence-corrected chi connectivity index (χ2v) is 8.70. The number of anilines is 1. The number of hydrogen-bond acceptors (Lipinski definition) is 7. The number of tetrazole rings is 1. The average Bonchev–Trinajstić information content (AvgIpc) is 3.30. The van der Waals surface area contributed by atoms with Crippen LogP contribution in [-0.4, -0.2) is 31.9 Å². The number of aromatic nitrogens is 4. The van der Waals surface area contributed by atoms with Gasteiger partial charge < -0.3 is 5.32 Å². The second-order valence-electron chi connectivity index (χ2n) is 6.21. The predicted octanol–water partition coefficient (Wildman–Crippen LogP) is 3.86. The molecule has 142 valence electrons. The zero-order valence-electron chi connectivity index (χ0n) is 14.7. The van der Waals surface area contributed by atoms with Gasteiger partial charge in [-0.25, -0.2) is 0 Å². The van der Waals surface area contributed by atoms with E-state index in [2.05, 4.69) is 26.9 Å². The van der Waals surface area contributed by atoms with Crippen molar-refractivity contribution in [2.45, 2.75) is 30.8 Å². The highest BCUT2D eigenvalue weighted by Gasteiger charge is 2.22.